The highest BCUT2D eigenvalue weighted by molar-refractivity contribution is 6.28. The number of aliphatic imine (C=N–C) groups is 1. The molecule has 3 aromatic carbocycles. The molecule has 5 aromatic rings. The zero-order valence-electron chi connectivity index (χ0n) is 52.1. The Kier molecular flexibility index (Phi) is 25.6. The van der Waals surface area contributed by atoms with Gasteiger partial charge in [-0.25, -0.2) is 48.1 Å². The Bertz CT molecular complexity index is 3390. The SMILES string of the molecule is CC(=O)c1cc2c(o1)C(=O)c1ccccc1C2=O.COC(=O)[C@H](CCN=C=O)NC(=O)OC(C)(C)C.COC(=O)[C@H](CCNC(=O)Oc1c2ccccc2c(OC(=O)NCC[C@H](NC(=O)OC(C)(C)C)C(=O)OC)c2oc(C(C)=O)cc12)NC(=O)OC(C)(C)C. The first-order valence-electron chi connectivity index (χ1n) is 27.6. The number of amides is 5. The maximum atomic E-state index is 13.1. The van der Waals surface area contributed by atoms with Gasteiger partial charge in [-0.3, -0.25) is 19.2 Å². The first-order valence-corrected chi connectivity index (χ1v) is 27.6. The van der Waals surface area contributed by atoms with Crippen LogP contribution in [0.1, 0.15) is 149 Å². The van der Waals surface area contributed by atoms with E-state index in [-0.39, 0.29) is 107 Å². The maximum absolute atomic E-state index is 13.1. The Balaban J connectivity index is 0.000000385. The zero-order valence-corrected chi connectivity index (χ0v) is 52.1. The molecule has 5 amide bonds. The van der Waals surface area contributed by atoms with Crippen LogP contribution in [0.15, 0.2) is 74.5 Å². The molecule has 0 fully saturated rings. The molecular formula is C61H72N6O23. The van der Waals surface area contributed by atoms with Gasteiger partial charge in [-0.15, -0.1) is 0 Å². The van der Waals surface area contributed by atoms with Crippen LogP contribution in [0.4, 0.5) is 24.0 Å². The molecule has 0 radical (unpaired) electrons. The summed E-state index contributed by atoms with van der Waals surface area (Å²) in [5.41, 5.74) is -1.56. The van der Waals surface area contributed by atoms with Crippen LogP contribution in [-0.2, 0) is 47.6 Å². The Morgan fingerprint density at radius 1 is 0.500 bits per heavy atom. The molecule has 5 N–H and O–H groups in total. The number of carbonyl (C=O) groups is 12. The lowest BCUT2D eigenvalue weighted by Gasteiger charge is -2.22. The van der Waals surface area contributed by atoms with Gasteiger partial charge in [0.15, 0.2) is 51.7 Å². The molecule has 0 spiro atoms. The molecule has 6 rings (SSSR count). The average molecular weight is 1260 g/mol. The topological polar surface area (TPSA) is 395 Å². The summed E-state index contributed by atoms with van der Waals surface area (Å²) in [6.45, 7) is 17.4. The van der Waals surface area contributed by atoms with E-state index < -0.39 is 89.1 Å². The van der Waals surface area contributed by atoms with Crippen molar-refractivity contribution in [3.63, 3.8) is 0 Å². The van der Waals surface area contributed by atoms with E-state index in [1.807, 2.05) is 0 Å². The summed E-state index contributed by atoms with van der Waals surface area (Å²) in [6, 6.07) is 12.4. The minimum absolute atomic E-state index is 0.0346. The zero-order chi connectivity index (χ0) is 67.4. The maximum Gasteiger partial charge on any atom is 0.412 e. The predicted octanol–water partition coefficient (Wildman–Crippen LogP) is 7.91. The lowest BCUT2D eigenvalue weighted by Crippen LogP contribution is -2.45. The van der Waals surface area contributed by atoms with Crippen LogP contribution < -0.4 is 36.1 Å². The molecule has 90 heavy (non-hydrogen) atoms. The van der Waals surface area contributed by atoms with E-state index in [1.54, 1.807) is 111 Å². The van der Waals surface area contributed by atoms with Gasteiger partial charge in [0.25, 0.3) is 0 Å². The van der Waals surface area contributed by atoms with Crippen molar-refractivity contribution in [2.75, 3.05) is 41.0 Å². The van der Waals surface area contributed by atoms with Crippen molar-refractivity contribution >= 4 is 99.3 Å². The summed E-state index contributed by atoms with van der Waals surface area (Å²) in [7, 11) is 3.50. The molecule has 3 atom stereocenters. The predicted molar refractivity (Wildman–Crippen MR) is 316 cm³/mol. The molecule has 2 heterocycles. The minimum Gasteiger partial charge on any atom is -0.467 e. The standard InChI is InChI=1S/C36H46N4O14.C14H8O4.C11H18N2O5/c1-19(41)25-18-22-26(51-31(44)37-16-14-23(29(42)48-8)39-33(46)53-35(2,3)4)20-12-10-11-13-21(20)27(28(22)50-25)52-32(45)38-17-15-24(30(43)49-9)40-34(47)54-36(5,6)7;1-7(15)11-6-10-12(16)8-4-2-3-5-9(8)13(17)14(10)18-11;1-11(2,3)18-10(16)13-8(9(15)17-4)5-6-12-7-14/h10-13,18,23-24H,14-17H2,1-9H3,(H,37,44)(H,38,45)(H,39,46)(H,40,47);2-6H,1H3;8H,5-6H2,1-4H3,(H,13,16)/t23-,24-;;8-/m0.0/s1. The number of nitrogens with one attached hydrogen (secondary N) is 5. The van der Waals surface area contributed by atoms with Crippen LogP contribution in [0.3, 0.4) is 0 Å². The van der Waals surface area contributed by atoms with E-state index in [0.717, 1.165) is 14.2 Å². The number of fused-ring (bicyclic) bond motifs is 4. The number of esters is 3. The van der Waals surface area contributed by atoms with E-state index in [4.69, 9.17) is 42.0 Å². The smallest absolute Gasteiger partial charge is 0.412 e. The largest absolute Gasteiger partial charge is 0.467 e. The van der Waals surface area contributed by atoms with Crippen LogP contribution in [-0.4, -0.2) is 153 Å². The summed E-state index contributed by atoms with van der Waals surface area (Å²) in [5, 5.41) is 12.9. The van der Waals surface area contributed by atoms with Gasteiger partial charge >= 0.3 is 48.4 Å². The van der Waals surface area contributed by atoms with E-state index in [9.17, 15) is 62.3 Å². The average Bonchev–Trinajstić information content (AvgIpc) is 1.51. The Morgan fingerprint density at radius 3 is 1.30 bits per heavy atom. The molecule has 0 aliphatic heterocycles. The number of benzene rings is 3. The first kappa shape index (κ1) is 72.0. The number of methoxy groups -OCH3 is 3. The summed E-state index contributed by atoms with van der Waals surface area (Å²) in [6.07, 6.45) is -3.06. The van der Waals surface area contributed by atoms with Gasteiger partial charge in [-0.05, 0) is 93.7 Å². The van der Waals surface area contributed by atoms with Gasteiger partial charge in [0, 0.05) is 48.8 Å². The van der Waals surface area contributed by atoms with Crippen molar-refractivity contribution in [2.24, 2.45) is 4.99 Å². The Labute approximate surface area is 515 Å². The van der Waals surface area contributed by atoms with Crippen LogP contribution in [0.5, 0.6) is 11.5 Å². The van der Waals surface area contributed by atoms with Gasteiger partial charge in [-0.2, -0.15) is 0 Å². The number of hydrogen-bond donors (Lipinski definition) is 5. The highest BCUT2D eigenvalue weighted by Crippen LogP contribution is 2.44. The van der Waals surface area contributed by atoms with Crippen molar-refractivity contribution in [1.82, 2.24) is 26.6 Å². The number of nitrogens with zero attached hydrogens (tertiary/aromatic N) is 1. The second kappa shape index (κ2) is 32.0. The first-order chi connectivity index (χ1) is 42.1. The highest BCUT2D eigenvalue weighted by atomic mass is 16.6. The molecule has 29 nitrogen and oxygen atoms in total. The van der Waals surface area contributed by atoms with Gasteiger partial charge in [0.2, 0.25) is 11.9 Å². The van der Waals surface area contributed by atoms with Crippen LogP contribution in [0.25, 0.3) is 21.7 Å². The number of hydrogen-bond acceptors (Lipinski definition) is 24. The molecule has 1 aliphatic rings. The number of furan rings is 2. The fourth-order valence-corrected chi connectivity index (χ4v) is 7.97. The molecule has 0 saturated heterocycles. The fraction of sp³-hybridized carbons (Fsp3) is 0.426. The highest BCUT2D eigenvalue weighted by Gasteiger charge is 2.35. The molecule has 0 unspecified atom stereocenters. The monoisotopic (exact) mass is 1260 g/mol. The molecule has 0 bridgehead atoms. The second-order valence-corrected chi connectivity index (χ2v) is 22.4. The molecule has 0 saturated carbocycles. The third kappa shape index (κ3) is 21.5. The Hall–Kier alpha value is -10.4. The third-order valence-corrected chi connectivity index (χ3v) is 11.8. The van der Waals surface area contributed by atoms with Gasteiger partial charge in [0.1, 0.15) is 34.9 Å². The second-order valence-electron chi connectivity index (χ2n) is 22.4. The van der Waals surface area contributed by atoms with Crippen molar-refractivity contribution in [3.05, 3.63) is 94.6 Å². The van der Waals surface area contributed by atoms with Crippen molar-refractivity contribution in [3.8, 4) is 11.5 Å². The number of isocyanates is 1. The number of ether oxygens (including phenoxy) is 8. The van der Waals surface area contributed by atoms with Crippen molar-refractivity contribution in [2.45, 2.75) is 130 Å². The molecule has 1 aliphatic carbocycles. The molecule has 2 aromatic heterocycles. The number of alkyl carbamates (subject to hydrolysis) is 3. The Morgan fingerprint density at radius 2 is 0.889 bits per heavy atom. The van der Waals surface area contributed by atoms with E-state index in [0.29, 0.717) is 16.5 Å². The van der Waals surface area contributed by atoms with Gasteiger partial charge < -0.3 is 73.3 Å². The normalized spacial score (nSPS) is 12.5. The van der Waals surface area contributed by atoms with Crippen LogP contribution in [0, 0.1) is 0 Å². The summed E-state index contributed by atoms with van der Waals surface area (Å²) in [5.74, 6) is -3.84. The molecule has 484 valence electrons. The number of rotatable bonds is 19. The third-order valence-electron chi connectivity index (χ3n) is 11.8. The summed E-state index contributed by atoms with van der Waals surface area (Å²) in [4.78, 5) is 159. The van der Waals surface area contributed by atoms with Crippen LogP contribution >= 0.6 is 0 Å². The van der Waals surface area contributed by atoms with Crippen molar-refractivity contribution < 1.29 is 109 Å². The minimum atomic E-state index is -1.16. The number of Topliss-reactive ketones (excluding diaryl/α,β-unsaturated/α-hetero) is 2. The van der Waals surface area contributed by atoms with Crippen LogP contribution in [0.2, 0.25) is 0 Å². The lowest BCUT2D eigenvalue weighted by molar-refractivity contribution is -0.144. The van der Waals surface area contributed by atoms with E-state index >= 15 is 0 Å². The summed E-state index contributed by atoms with van der Waals surface area (Å²) >= 11 is 0. The lowest BCUT2D eigenvalue weighted by atomic mass is 9.88. The number of carbonyl (C=O) groups excluding carboxylic acids is 13. The fourth-order valence-electron chi connectivity index (χ4n) is 7.97. The van der Waals surface area contributed by atoms with E-state index in [2.05, 4.69) is 36.3 Å². The van der Waals surface area contributed by atoms with E-state index in [1.165, 1.54) is 39.2 Å². The van der Waals surface area contributed by atoms with Crippen molar-refractivity contribution in [1.29, 1.82) is 0 Å². The molecular weight excluding hydrogens is 1180 g/mol. The number of ketones is 4. The summed E-state index contributed by atoms with van der Waals surface area (Å²) < 4.78 is 51.8. The molecule has 29 heteroatoms. The van der Waals surface area contributed by atoms with Gasteiger partial charge in [0.05, 0.1) is 38.8 Å². The van der Waals surface area contributed by atoms with Gasteiger partial charge in [-0.1, -0.05) is 48.5 Å². The quantitative estimate of drug-likeness (QED) is 0.0169.